The molecular weight excluding hydrogens is 107 g/mol. The van der Waals surface area contributed by atoms with Gasteiger partial charge in [-0.1, -0.05) is 9.24 Å². The van der Waals surface area contributed by atoms with E-state index in [2.05, 4.69) is 14.2 Å². The maximum absolute atomic E-state index is 3.94. The van der Waals surface area contributed by atoms with Gasteiger partial charge in [0.15, 0.2) is 0 Å². The molecule has 0 radical (unpaired) electrons. The van der Waals surface area contributed by atoms with Gasteiger partial charge in [0.05, 0.1) is 0 Å². The van der Waals surface area contributed by atoms with Crippen LogP contribution in [0.1, 0.15) is 0 Å². The Hall–Kier alpha value is -0.360. The molecular formula is C4H7N2P. The predicted octanol–water partition coefficient (Wildman–Crippen LogP) is -0.0795. The van der Waals surface area contributed by atoms with E-state index in [4.69, 9.17) is 0 Å². The summed E-state index contributed by atoms with van der Waals surface area (Å²) in [5.41, 5.74) is 0.972. The van der Waals surface area contributed by atoms with Crippen LogP contribution in [0.2, 0.25) is 0 Å². The van der Waals surface area contributed by atoms with Crippen molar-refractivity contribution >= 4 is 14.8 Å². The molecule has 0 amide bonds. The fraction of sp³-hybridized carbons (Fsp3) is 0.250. The molecule has 0 spiro atoms. The molecule has 7 heavy (non-hydrogen) atoms. The number of nitrogens with zero attached hydrogens (tertiary/aromatic N) is 2. The second-order valence-electron chi connectivity index (χ2n) is 1.40. The number of rotatable bonds is 0. The first-order chi connectivity index (χ1) is 3.30. The number of aromatic nitrogens is 2. The van der Waals surface area contributed by atoms with Crippen LogP contribution in [-0.2, 0) is 7.05 Å². The number of aryl methyl sites for hydroxylation is 1. The Balaban J connectivity index is 3.12. The van der Waals surface area contributed by atoms with E-state index in [-0.39, 0.29) is 0 Å². The third kappa shape index (κ3) is 0.804. The normalized spacial score (nSPS) is 9.43. The molecule has 0 aliphatic carbocycles. The number of imidazole rings is 1. The van der Waals surface area contributed by atoms with E-state index in [9.17, 15) is 0 Å². The summed E-state index contributed by atoms with van der Waals surface area (Å²) in [6, 6.07) is 0. The minimum absolute atomic E-state index is 0.972. The van der Waals surface area contributed by atoms with E-state index in [0.29, 0.717) is 0 Å². The molecule has 2 nitrogen and oxygen atoms in total. The molecule has 1 rings (SSSR count). The van der Waals surface area contributed by atoms with E-state index in [1.807, 2.05) is 17.8 Å². The second kappa shape index (κ2) is 1.63. The lowest BCUT2D eigenvalue weighted by Crippen LogP contribution is -2.04. The van der Waals surface area contributed by atoms with E-state index < -0.39 is 0 Å². The largest absolute Gasteiger partial charge is 0.335 e. The molecule has 3 heteroatoms. The van der Waals surface area contributed by atoms with Crippen molar-refractivity contribution in [1.82, 2.24) is 9.55 Å². The zero-order chi connectivity index (χ0) is 5.28. The van der Waals surface area contributed by atoms with E-state index >= 15 is 0 Å². The smallest absolute Gasteiger partial charge is 0.124 e. The van der Waals surface area contributed by atoms with Crippen LogP contribution >= 0.6 is 9.24 Å². The maximum atomic E-state index is 3.94. The molecule has 1 unspecified atom stereocenters. The van der Waals surface area contributed by atoms with Crippen LogP contribution in [0.15, 0.2) is 12.4 Å². The summed E-state index contributed by atoms with van der Waals surface area (Å²) < 4.78 is 1.94. The van der Waals surface area contributed by atoms with E-state index in [1.165, 1.54) is 0 Å². The molecule has 0 saturated carbocycles. The van der Waals surface area contributed by atoms with Crippen LogP contribution in [0.5, 0.6) is 0 Å². The van der Waals surface area contributed by atoms with Crippen LogP contribution < -0.4 is 5.57 Å². The van der Waals surface area contributed by atoms with Crippen molar-refractivity contribution in [2.75, 3.05) is 0 Å². The quantitative estimate of drug-likeness (QED) is 0.431. The Morgan fingerprint density at radius 1 is 1.86 bits per heavy atom. The zero-order valence-corrected chi connectivity index (χ0v) is 5.28. The van der Waals surface area contributed by atoms with Gasteiger partial charge in [0.25, 0.3) is 0 Å². The topological polar surface area (TPSA) is 17.8 Å². The standard InChI is InChI=1S/C4H7N2P/c1-6-3-2-5-4(6)7/h2-3H,7H2,1H3. The maximum Gasteiger partial charge on any atom is 0.124 e. The van der Waals surface area contributed by atoms with Gasteiger partial charge in [-0.05, 0) is 0 Å². The van der Waals surface area contributed by atoms with Gasteiger partial charge >= 0.3 is 0 Å². The highest BCUT2D eigenvalue weighted by molar-refractivity contribution is 7.26. The lowest BCUT2D eigenvalue weighted by atomic mass is 10.9. The van der Waals surface area contributed by atoms with Gasteiger partial charge in [0, 0.05) is 19.4 Å². The van der Waals surface area contributed by atoms with Crippen molar-refractivity contribution < 1.29 is 0 Å². The van der Waals surface area contributed by atoms with E-state index in [1.54, 1.807) is 6.20 Å². The van der Waals surface area contributed by atoms with Crippen molar-refractivity contribution in [2.24, 2.45) is 7.05 Å². The minimum atomic E-state index is 0.972. The molecule has 0 aliphatic rings. The Morgan fingerprint density at radius 3 is 2.71 bits per heavy atom. The van der Waals surface area contributed by atoms with Crippen LogP contribution in [0.4, 0.5) is 0 Å². The molecule has 0 aliphatic heterocycles. The van der Waals surface area contributed by atoms with Crippen molar-refractivity contribution in [3.8, 4) is 0 Å². The van der Waals surface area contributed by atoms with Crippen LogP contribution in [0.3, 0.4) is 0 Å². The highest BCUT2D eigenvalue weighted by atomic mass is 31.0. The van der Waals surface area contributed by atoms with Gasteiger partial charge in [-0.15, -0.1) is 0 Å². The fourth-order valence-electron chi connectivity index (χ4n) is 0.377. The van der Waals surface area contributed by atoms with Gasteiger partial charge in [0.2, 0.25) is 0 Å². The van der Waals surface area contributed by atoms with Crippen LogP contribution in [0, 0.1) is 0 Å². The summed E-state index contributed by atoms with van der Waals surface area (Å²) in [6.45, 7) is 0. The van der Waals surface area contributed by atoms with Crippen molar-refractivity contribution in [3.05, 3.63) is 12.4 Å². The monoisotopic (exact) mass is 114 g/mol. The van der Waals surface area contributed by atoms with Crippen molar-refractivity contribution in [3.63, 3.8) is 0 Å². The average molecular weight is 114 g/mol. The minimum Gasteiger partial charge on any atom is -0.335 e. The van der Waals surface area contributed by atoms with Gasteiger partial charge in [-0.2, -0.15) is 0 Å². The molecule has 1 aromatic rings. The first-order valence-corrected chi connectivity index (χ1v) is 2.61. The predicted molar refractivity (Wildman–Crippen MR) is 32.6 cm³/mol. The van der Waals surface area contributed by atoms with Crippen LogP contribution in [0.25, 0.3) is 0 Å². The molecule has 0 N–H and O–H groups in total. The molecule has 1 atom stereocenters. The second-order valence-corrected chi connectivity index (χ2v) is 1.91. The van der Waals surface area contributed by atoms with Gasteiger partial charge in [0.1, 0.15) is 5.57 Å². The number of hydrogen-bond donors (Lipinski definition) is 0. The molecule has 0 bridgehead atoms. The summed E-state index contributed by atoms with van der Waals surface area (Å²) in [4.78, 5) is 3.94. The number of hydrogen-bond acceptors (Lipinski definition) is 1. The van der Waals surface area contributed by atoms with Crippen LogP contribution in [-0.4, -0.2) is 9.55 Å². The Labute approximate surface area is 44.8 Å². The Kier molecular flexibility index (Phi) is 1.11. The summed E-state index contributed by atoms with van der Waals surface area (Å²) in [6.07, 6.45) is 3.67. The summed E-state index contributed by atoms with van der Waals surface area (Å²) in [5.74, 6) is 0. The summed E-state index contributed by atoms with van der Waals surface area (Å²) in [7, 11) is 4.48. The molecule has 0 aromatic carbocycles. The zero-order valence-electron chi connectivity index (χ0n) is 4.13. The first kappa shape index (κ1) is 4.79. The SMILES string of the molecule is Cn1ccnc1P. The first-order valence-electron chi connectivity index (χ1n) is 2.03. The lowest BCUT2D eigenvalue weighted by Gasteiger charge is -1.87. The fourth-order valence-corrected chi connectivity index (χ4v) is 0.549. The molecule has 1 heterocycles. The molecule has 0 saturated heterocycles. The molecule has 1 aromatic heterocycles. The summed E-state index contributed by atoms with van der Waals surface area (Å²) >= 11 is 0. The van der Waals surface area contributed by atoms with Gasteiger partial charge < -0.3 is 4.57 Å². The Bertz CT molecular complexity index is 142. The highest BCUT2D eigenvalue weighted by Crippen LogP contribution is 1.81. The molecule has 38 valence electrons. The summed E-state index contributed by atoms with van der Waals surface area (Å²) in [5, 5.41) is 0. The lowest BCUT2D eigenvalue weighted by molar-refractivity contribution is 0.954. The molecule has 0 fully saturated rings. The Morgan fingerprint density at radius 2 is 2.57 bits per heavy atom. The average Bonchev–Trinajstić information content (AvgIpc) is 1.91. The van der Waals surface area contributed by atoms with Crippen molar-refractivity contribution in [2.45, 2.75) is 0 Å². The van der Waals surface area contributed by atoms with Gasteiger partial charge in [-0.3, -0.25) is 0 Å². The van der Waals surface area contributed by atoms with Gasteiger partial charge in [-0.25, -0.2) is 4.98 Å². The third-order valence-electron chi connectivity index (χ3n) is 0.858. The third-order valence-corrected chi connectivity index (χ3v) is 1.41. The van der Waals surface area contributed by atoms with E-state index in [0.717, 1.165) is 5.57 Å². The van der Waals surface area contributed by atoms with Crippen molar-refractivity contribution in [1.29, 1.82) is 0 Å². The highest BCUT2D eigenvalue weighted by Gasteiger charge is 1.83.